The van der Waals surface area contributed by atoms with Gasteiger partial charge in [0.1, 0.15) is 16.7 Å². The van der Waals surface area contributed by atoms with Crippen LogP contribution in [-0.2, 0) is 19.1 Å². The van der Waals surface area contributed by atoms with E-state index in [2.05, 4.69) is 37.4 Å². The van der Waals surface area contributed by atoms with Gasteiger partial charge in [-0.1, -0.05) is 0 Å². The van der Waals surface area contributed by atoms with Gasteiger partial charge >= 0.3 is 24.1 Å². The van der Waals surface area contributed by atoms with Crippen molar-refractivity contribution in [2.45, 2.75) is 52.7 Å². The quantitative estimate of drug-likeness (QED) is 0.313. The number of rotatable bonds is 3. The van der Waals surface area contributed by atoms with E-state index in [1.807, 2.05) is 0 Å². The zero-order valence-corrected chi connectivity index (χ0v) is 21.4. The van der Waals surface area contributed by atoms with Crippen LogP contribution in [0, 0.1) is 0 Å². The third kappa shape index (κ3) is 6.48. The fourth-order valence-corrected chi connectivity index (χ4v) is 3.40. The van der Waals surface area contributed by atoms with Crippen LogP contribution in [0.4, 0.5) is 21.1 Å². The van der Waals surface area contributed by atoms with E-state index in [9.17, 15) is 19.2 Å². The van der Waals surface area contributed by atoms with Crippen LogP contribution in [0.25, 0.3) is 10.9 Å². The number of carboxylic acids is 1. The Balaban J connectivity index is 2.67. The number of ether oxygens (including phenoxy) is 2. The van der Waals surface area contributed by atoms with Gasteiger partial charge in [-0.3, -0.25) is 4.79 Å². The third-order valence-electron chi connectivity index (χ3n) is 3.42. The number of carbonyl (C=O) groups excluding carboxylic acids is 3. The second-order valence-corrected chi connectivity index (χ2v) is 10.5. The molecule has 32 heavy (non-hydrogen) atoms. The standard InChI is InChI=1S/C18H23IN5O7P/c1-17(2,3)30-15(28)24(16(29)31-18(4,5)6)12-9-8-23(32-19)22-11(9)10(7-20-12)21-13(25)14(26)27/h7-8,32H,1-6H3,(H,21,25)(H,26,27). The molecule has 0 bridgehead atoms. The van der Waals surface area contributed by atoms with Crippen molar-refractivity contribution in [1.82, 2.24) is 14.5 Å². The molecule has 2 aromatic heterocycles. The first-order valence-corrected chi connectivity index (χ1v) is 13.2. The number of hydrogen-bond donors (Lipinski definition) is 2. The van der Waals surface area contributed by atoms with Gasteiger partial charge in [0.25, 0.3) is 0 Å². The van der Waals surface area contributed by atoms with Crippen LogP contribution >= 0.6 is 28.4 Å². The van der Waals surface area contributed by atoms with Crippen molar-refractivity contribution in [3.05, 3.63) is 12.4 Å². The zero-order chi connectivity index (χ0) is 24.4. The second kappa shape index (κ2) is 9.53. The number of carbonyl (C=O) groups is 4. The Hall–Kier alpha value is -2.54. The molecule has 0 radical (unpaired) electrons. The minimum absolute atomic E-state index is 0.00197. The number of amides is 3. The van der Waals surface area contributed by atoms with Gasteiger partial charge in [-0.2, -0.15) is 10.00 Å². The van der Waals surface area contributed by atoms with Crippen LogP contribution < -0.4 is 10.2 Å². The van der Waals surface area contributed by atoms with E-state index in [0.717, 1.165) is 6.20 Å². The van der Waals surface area contributed by atoms with E-state index in [0.29, 0.717) is 4.90 Å². The molecule has 2 aromatic rings. The number of pyridine rings is 1. The van der Waals surface area contributed by atoms with Crippen LogP contribution in [0.5, 0.6) is 0 Å². The molecule has 2 heterocycles. The Morgan fingerprint density at radius 3 is 2.06 bits per heavy atom. The highest BCUT2D eigenvalue weighted by Gasteiger charge is 2.35. The lowest BCUT2D eigenvalue weighted by Crippen LogP contribution is -2.44. The molecule has 2 rings (SSSR count). The van der Waals surface area contributed by atoms with E-state index in [1.54, 1.807) is 41.5 Å². The molecule has 12 nitrogen and oxygen atoms in total. The summed E-state index contributed by atoms with van der Waals surface area (Å²) in [5.74, 6) is -3.12. The van der Waals surface area contributed by atoms with Gasteiger partial charge < -0.3 is 19.9 Å². The fourth-order valence-electron chi connectivity index (χ4n) is 2.34. The van der Waals surface area contributed by atoms with Gasteiger partial charge in [0.15, 0.2) is 5.82 Å². The van der Waals surface area contributed by atoms with E-state index < -0.39 is 35.3 Å². The predicted molar refractivity (Wildman–Crippen MR) is 126 cm³/mol. The first-order chi connectivity index (χ1) is 14.6. The van der Waals surface area contributed by atoms with Crippen LogP contribution in [0.2, 0.25) is 0 Å². The first kappa shape index (κ1) is 25.7. The fraction of sp³-hybridized carbons (Fsp3) is 0.444. The molecule has 14 heteroatoms. The third-order valence-corrected chi connectivity index (χ3v) is 5.30. The van der Waals surface area contributed by atoms with Crippen LogP contribution in [0.3, 0.4) is 0 Å². The number of nitrogens with one attached hydrogen (secondary N) is 1. The number of nitrogens with zero attached hydrogens (tertiary/aromatic N) is 4. The second-order valence-electron chi connectivity index (χ2n) is 8.47. The van der Waals surface area contributed by atoms with Crippen molar-refractivity contribution in [1.29, 1.82) is 0 Å². The Kier molecular flexibility index (Phi) is 7.66. The number of imide groups is 1. The van der Waals surface area contributed by atoms with Crippen LogP contribution in [0.1, 0.15) is 41.5 Å². The van der Waals surface area contributed by atoms with Gasteiger partial charge in [-0.25, -0.2) is 23.8 Å². The molecule has 3 amide bonds. The summed E-state index contributed by atoms with van der Waals surface area (Å²) in [7, 11) is 0. The predicted octanol–water partition coefficient (Wildman–Crippen LogP) is 3.92. The summed E-state index contributed by atoms with van der Waals surface area (Å²) in [5, 5.41) is 15.6. The molecule has 0 aliphatic heterocycles. The highest BCUT2D eigenvalue weighted by molar-refractivity contribution is 14.2. The molecule has 174 valence electrons. The summed E-state index contributed by atoms with van der Waals surface area (Å²) in [4.78, 5) is 53.3. The SMILES string of the molecule is CC(C)(C)OC(=O)N(C(=O)OC(C)(C)C)c1ncc(NC(=O)C(=O)O)c2nn(PI)cc12. The molecule has 1 atom stereocenters. The smallest absolute Gasteiger partial charge is 0.425 e. The number of aromatic nitrogens is 3. The van der Waals surface area contributed by atoms with Crippen molar-refractivity contribution in [3.8, 4) is 0 Å². The lowest BCUT2D eigenvalue weighted by Gasteiger charge is -2.28. The van der Waals surface area contributed by atoms with Gasteiger partial charge in [-0.15, -0.1) is 0 Å². The van der Waals surface area contributed by atoms with Gasteiger partial charge in [-0.05, 0) is 63.6 Å². The molecule has 0 aliphatic carbocycles. The van der Waals surface area contributed by atoms with E-state index in [-0.39, 0.29) is 28.8 Å². The van der Waals surface area contributed by atoms with E-state index in [4.69, 9.17) is 14.6 Å². The molecule has 0 aromatic carbocycles. The molecule has 0 saturated heterocycles. The summed E-state index contributed by atoms with van der Waals surface area (Å²) in [6.07, 6.45) is 0.708. The number of anilines is 2. The number of hydrogen-bond acceptors (Lipinski definition) is 8. The summed E-state index contributed by atoms with van der Waals surface area (Å²) in [6.45, 7) is 9.84. The molecule has 2 N–H and O–H groups in total. The number of carboxylic acid groups (broad SMARTS) is 1. The maximum atomic E-state index is 12.9. The normalized spacial score (nSPS) is 12.1. The minimum Gasteiger partial charge on any atom is -0.474 e. The molecule has 0 aliphatic rings. The molecule has 0 saturated carbocycles. The van der Waals surface area contributed by atoms with Gasteiger partial charge in [0.2, 0.25) is 0 Å². The molecular weight excluding hydrogens is 556 g/mol. The largest absolute Gasteiger partial charge is 0.474 e. The van der Waals surface area contributed by atoms with Crippen molar-refractivity contribution >= 4 is 74.9 Å². The first-order valence-electron chi connectivity index (χ1n) is 9.18. The Morgan fingerprint density at radius 2 is 1.62 bits per heavy atom. The van der Waals surface area contributed by atoms with Crippen molar-refractivity contribution in [3.63, 3.8) is 0 Å². The van der Waals surface area contributed by atoms with Crippen molar-refractivity contribution in [2.24, 2.45) is 0 Å². The minimum atomic E-state index is -1.69. The topological polar surface area (TPSA) is 153 Å². The number of halogens is 1. The van der Waals surface area contributed by atoms with Crippen LogP contribution in [-0.4, -0.2) is 54.9 Å². The number of fused-ring (bicyclic) bond motifs is 1. The maximum Gasteiger partial charge on any atom is 0.425 e. The Bertz CT molecular complexity index is 1050. The van der Waals surface area contributed by atoms with Crippen molar-refractivity contribution in [2.75, 3.05) is 10.2 Å². The Morgan fingerprint density at radius 1 is 1.09 bits per heavy atom. The lowest BCUT2D eigenvalue weighted by molar-refractivity contribution is -0.147. The molecular formula is C18H23IN5O7P. The average molecular weight is 579 g/mol. The average Bonchev–Trinajstić information content (AvgIpc) is 3.05. The monoisotopic (exact) mass is 579 g/mol. The summed E-state index contributed by atoms with van der Waals surface area (Å²) in [5.41, 5.74) is -1.71. The summed E-state index contributed by atoms with van der Waals surface area (Å²) >= 11 is 2.06. The van der Waals surface area contributed by atoms with Gasteiger partial charge in [0, 0.05) is 6.20 Å². The summed E-state index contributed by atoms with van der Waals surface area (Å²) < 4.78 is 12.2. The highest BCUT2D eigenvalue weighted by Crippen LogP contribution is 2.34. The number of aliphatic carboxylic acids is 1. The highest BCUT2D eigenvalue weighted by atomic mass is 127. The van der Waals surface area contributed by atoms with Gasteiger partial charge in [0.05, 0.1) is 23.6 Å². The van der Waals surface area contributed by atoms with E-state index in [1.165, 1.54) is 10.6 Å². The molecule has 0 spiro atoms. The van der Waals surface area contributed by atoms with Crippen molar-refractivity contribution < 1.29 is 33.8 Å². The maximum absolute atomic E-state index is 12.9. The zero-order valence-electron chi connectivity index (χ0n) is 18.2. The Labute approximate surface area is 198 Å². The molecule has 1 unspecified atom stereocenters. The molecule has 0 fully saturated rings. The summed E-state index contributed by atoms with van der Waals surface area (Å²) in [6, 6.07) is 0. The van der Waals surface area contributed by atoms with E-state index >= 15 is 0 Å². The lowest BCUT2D eigenvalue weighted by atomic mass is 10.2. The van der Waals surface area contributed by atoms with Crippen LogP contribution in [0.15, 0.2) is 12.4 Å².